The molecule has 0 unspecified atom stereocenters. The summed E-state index contributed by atoms with van der Waals surface area (Å²) in [5, 5.41) is 5.18. The van der Waals surface area contributed by atoms with E-state index in [4.69, 9.17) is 0 Å². The third-order valence-corrected chi connectivity index (χ3v) is 6.86. The SMILES string of the molecule is Cc1cccc(CCNC(=O)[C@H]2c3ccccc3C(=O)N(CC(C)C)[C@@H]2c2cccs2)c1. The molecule has 0 saturated heterocycles. The summed E-state index contributed by atoms with van der Waals surface area (Å²) < 4.78 is 0. The van der Waals surface area contributed by atoms with Gasteiger partial charge >= 0.3 is 0 Å². The molecule has 4 nitrogen and oxygen atoms in total. The lowest BCUT2D eigenvalue weighted by atomic mass is 9.81. The second-order valence-electron chi connectivity index (χ2n) is 8.91. The first-order valence-corrected chi connectivity index (χ1v) is 12.1. The smallest absolute Gasteiger partial charge is 0.254 e. The number of nitrogens with zero attached hydrogens (tertiary/aromatic N) is 1. The summed E-state index contributed by atoms with van der Waals surface area (Å²) in [4.78, 5) is 30.0. The van der Waals surface area contributed by atoms with Gasteiger partial charge < -0.3 is 10.2 Å². The molecule has 1 aliphatic rings. The van der Waals surface area contributed by atoms with E-state index < -0.39 is 5.92 Å². The summed E-state index contributed by atoms with van der Waals surface area (Å²) in [7, 11) is 0. The van der Waals surface area contributed by atoms with Gasteiger partial charge in [-0.1, -0.05) is 67.9 Å². The highest BCUT2D eigenvalue weighted by Gasteiger charge is 2.44. The lowest BCUT2D eigenvalue weighted by molar-refractivity contribution is -0.124. The second kappa shape index (κ2) is 9.70. The topological polar surface area (TPSA) is 49.4 Å². The Morgan fingerprint density at radius 3 is 2.62 bits per heavy atom. The van der Waals surface area contributed by atoms with Crippen LogP contribution in [0, 0.1) is 12.8 Å². The number of hydrogen-bond donors (Lipinski definition) is 1. The number of benzene rings is 2. The zero-order chi connectivity index (χ0) is 22.7. The third kappa shape index (κ3) is 4.63. The predicted molar refractivity (Wildman–Crippen MR) is 130 cm³/mol. The standard InChI is InChI=1S/C27H30N2O2S/c1-18(2)17-29-25(23-12-7-15-32-23)24(21-10-4-5-11-22(21)27(29)31)26(30)28-14-13-20-9-6-8-19(3)16-20/h4-12,15-16,18,24-25H,13-14,17H2,1-3H3,(H,28,30)/t24-,25+/m0/s1. The zero-order valence-corrected chi connectivity index (χ0v) is 19.7. The van der Waals surface area contributed by atoms with Crippen molar-refractivity contribution in [2.75, 3.05) is 13.1 Å². The van der Waals surface area contributed by atoms with Crippen LogP contribution < -0.4 is 5.32 Å². The molecule has 0 bridgehead atoms. The first kappa shape index (κ1) is 22.3. The molecule has 0 spiro atoms. The van der Waals surface area contributed by atoms with Crippen molar-refractivity contribution in [1.82, 2.24) is 10.2 Å². The van der Waals surface area contributed by atoms with E-state index in [1.165, 1.54) is 11.1 Å². The highest BCUT2D eigenvalue weighted by atomic mass is 32.1. The second-order valence-corrected chi connectivity index (χ2v) is 9.89. The Hall–Kier alpha value is -2.92. The summed E-state index contributed by atoms with van der Waals surface area (Å²) in [6.07, 6.45) is 0.778. The molecule has 3 aromatic rings. The molecular weight excluding hydrogens is 416 g/mol. The molecular formula is C27H30N2O2S. The molecule has 0 fully saturated rings. The molecule has 0 aliphatic carbocycles. The molecule has 4 rings (SSSR count). The molecule has 166 valence electrons. The van der Waals surface area contributed by atoms with Crippen molar-refractivity contribution in [3.05, 3.63) is 93.2 Å². The van der Waals surface area contributed by atoms with Crippen LogP contribution in [0.3, 0.4) is 0 Å². The maximum Gasteiger partial charge on any atom is 0.254 e. The summed E-state index contributed by atoms with van der Waals surface area (Å²) in [5.41, 5.74) is 3.89. The molecule has 2 atom stereocenters. The van der Waals surface area contributed by atoms with Gasteiger partial charge in [-0.05, 0) is 47.9 Å². The average Bonchev–Trinajstić information content (AvgIpc) is 3.29. The molecule has 1 aliphatic heterocycles. The molecule has 1 N–H and O–H groups in total. The van der Waals surface area contributed by atoms with Crippen molar-refractivity contribution in [3.63, 3.8) is 0 Å². The number of hydrogen-bond acceptors (Lipinski definition) is 3. The molecule has 0 radical (unpaired) electrons. The van der Waals surface area contributed by atoms with Crippen molar-refractivity contribution in [1.29, 1.82) is 0 Å². The van der Waals surface area contributed by atoms with Crippen LogP contribution >= 0.6 is 11.3 Å². The minimum absolute atomic E-state index is 0.0107. The predicted octanol–water partition coefficient (Wildman–Crippen LogP) is 5.35. The van der Waals surface area contributed by atoms with Crippen LogP contribution in [0.5, 0.6) is 0 Å². The number of aryl methyl sites for hydroxylation is 1. The minimum atomic E-state index is -0.432. The van der Waals surface area contributed by atoms with Gasteiger partial charge in [-0.2, -0.15) is 0 Å². The van der Waals surface area contributed by atoms with Crippen molar-refractivity contribution in [2.45, 2.75) is 39.2 Å². The van der Waals surface area contributed by atoms with Crippen LogP contribution in [0.15, 0.2) is 66.0 Å². The van der Waals surface area contributed by atoms with Gasteiger partial charge in [0.15, 0.2) is 0 Å². The molecule has 2 heterocycles. The number of fused-ring (bicyclic) bond motifs is 1. The van der Waals surface area contributed by atoms with Crippen LogP contribution in [-0.2, 0) is 11.2 Å². The molecule has 0 saturated carbocycles. The Morgan fingerprint density at radius 2 is 1.91 bits per heavy atom. The zero-order valence-electron chi connectivity index (χ0n) is 18.9. The van der Waals surface area contributed by atoms with Crippen LogP contribution in [0.25, 0.3) is 0 Å². The van der Waals surface area contributed by atoms with Crippen LogP contribution in [0.2, 0.25) is 0 Å². The molecule has 2 amide bonds. The molecule has 2 aromatic carbocycles. The normalized spacial score (nSPS) is 18.0. The Bertz CT molecular complexity index is 1090. The number of carbonyl (C=O) groups is 2. The Morgan fingerprint density at radius 1 is 1.09 bits per heavy atom. The van der Waals surface area contributed by atoms with Crippen molar-refractivity contribution < 1.29 is 9.59 Å². The van der Waals surface area contributed by atoms with Crippen LogP contribution in [-0.4, -0.2) is 29.8 Å². The van der Waals surface area contributed by atoms with Gasteiger partial charge in [-0.25, -0.2) is 0 Å². The molecule has 32 heavy (non-hydrogen) atoms. The van der Waals surface area contributed by atoms with Gasteiger partial charge in [0.05, 0.1) is 12.0 Å². The monoisotopic (exact) mass is 446 g/mol. The first-order valence-electron chi connectivity index (χ1n) is 11.2. The summed E-state index contributed by atoms with van der Waals surface area (Å²) in [6.45, 7) is 7.47. The van der Waals surface area contributed by atoms with Gasteiger partial charge in [-0.3, -0.25) is 9.59 Å². The average molecular weight is 447 g/mol. The molecule has 1 aromatic heterocycles. The first-order chi connectivity index (χ1) is 15.5. The van der Waals surface area contributed by atoms with E-state index in [1.54, 1.807) is 11.3 Å². The third-order valence-electron chi connectivity index (χ3n) is 5.91. The Labute approximate surface area is 194 Å². The minimum Gasteiger partial charge on any atom is -0.355 e. The lowest BCUT2D eigenvalue weighted by Gasteiger charge is -2.42. The number of rotatable bonds is 7. The van der Waals surface area contributed by atoms with Crippen molar-refractivity contribution in [2.24, 2.45) is 5.92 Å². The molecule has 5 heteroatoms. The van der Waals surface area contributed by atoms with E-state index in [-0.39, 0.29) is 17.9 Å². The van der Waals surface area contributed by atoms with E-state index in [9.17, 15) is 9.59 Å². The fourth-order valence-electron chi connectivity index (χ4n) is 4.55. The van der Waals surface area contributed by atoms with E-state index in [1.807, 2.05) is 52.7 Å². The number of amides is 2. The number of nitrogens with one attached hydrogen (secondary N) is 1. The Kier molecular flexibility index (Phi) is 6.75. The summed E-state index contributed by atoms with van der Waals surface area (Å²) in [5.74, 6) is -0.142. The maximum absolute atomic E-state index is 13.6. The number of thiophene rings is 1. The maximum atomic E-state index is 13.6. The van der Waals surface area contributed by atoms with E-state index >= 15 is 0 Å². The van der Waals surface area contributed by atoms with Gasteiger partial charge in [0.2, 0.25) is 5.91 Å². The highest BCUT2D eigenvalue weighted by molar-refractivity contribution is 7.10. The highest BCUT2D eigenvalue weighted by Crippen LogP contribution is 2.44. The van der Waals surface area contributed by atoms with Gasteiger partial charge in [0.25, 0.3) is 5.91 Å². The van der Waals surface area contributed by atoms with Crippen LogP contribution in [0.1, 0.15) is 57.7 Å². The summed E-state index contributed by atoms with van der Waals surface area (Å²) in [6, 6.07) is 19.7. The largest absolute Gasteiger partial charge is 0.355 e. The lowest BCUT2D eigenvalue weighted by Crippen LogP contribution is -2.48. The summed E-state index contributed by atoms with van der Waals surface area (Å²) >= 11 is 1.61. The van der Waals surface area contributed by atoms with Crippen molar-refractivity contribution >= 4 is 23.2 Å². The van der Waals surface area contributed by atoms with Crippen molar-refractivity contribution in [3.8, 4) is 0 Å². The van der Waals surface area contributed by atoms with E-state index in [0.717, 1.165) is 16.9 Å². The van der Waals surface area contributed by atoms with Gasteiger partial charge in [0.1, 0.15) is 0 Å². The number of carbonyl (C=O) groups excluding carboxylic acids is 2. The van der Waals surface area contributed by atoms with Crippen LogP contribution in [0.4, 0.5) is 0 Å². The van der Waals surface area contributed by atoms with E-state index in [0.29, 0.717) is 24.6 Å². The quantitative estimate of drug-likeness (QED) is 0.532. The fraction of sp³-hybridized carbons (Fsp3) is 0.333. The van der Waals surface area contributed by atoms with Gasteiger partial charge in [-0.15, -0.1) is 11.3 Å². The van der Waals surface area contributed by atoms with Gasteiger partial charge in [0, 0.05) is 23.5 Å². The van der Waals surface area contributed by atoms with E-state index in [2.05, 4.69) is 44.3 Å². The fourth-order valence-corrected chi connectivity index (χ4v) is 5.43. The Balaban J connectivity index is 1.65.